The number of nitrogens with zero attached hydrogens (tertiary/aromatic N) is 1. The second kappa shape index (κ2) is 3.93. The van der Waals surface area contributed by atoms with Gasteiger partial charge in [-0.1, -0.05) is 13.8 Å². The molecule has 0 aliphatic carbocycles. The van der Waals surface area contributed by atoms with Crippen LogP contribution in [-0.2, 0) is 9.84 Å². The lowest BCUT2D eigenvalue weighted by molar-refractivity contribution is 0.0452. The first-order valence-electron chi connectivity index (χ1n) is 3.99. The first-order chi connectivity index (χ1) is 6.09. The van der Waals surface area contributed by atoms with E-state index in [0.29, 0.717) is 6.61 Å². The molecule has 0 aromatic carbocycles. The average Bonchev–Trinajstić information content (AvgIpc) is 2.47. The number of hydrogen-bond donors (Lipinski definition) is 1. The average molecular weight is 183 g/mol. The number of carbonyl (C=O) groups is 1. The van der Waals surface area contributed by atoms with Gasteiger partial charge in [0.15, 0.2) is 5.69 Å². The summed E-state index contributed by atoms with van der Waals surface area (Å²) in [6.07, 6.45) is 1.24. The van der Waals surface area contributed by atoms with Crippen molar-refractivity contribution in [1.82, 2.24) is 9.97 Å². The molecule has 0 aliphatic heterocycles. The highest BCUT2D eigenvalue weighted by Gasteiger charge is 2.12. The third-order valence-corrected chi connectivity index (χ3v) is 1.31. The van der Waals surface area contributed by atoms with Crippen molar-refractivity contribution in [3.05, 3.63) is 11.9 Å². The largest absolute Gasteiger partial charge is 0.461 e. The second-order valence-electron chi connectivity index (χ2n) is 3.08. The fourth-order valence-electron chi connectivity index (χ4n) is 0.725. The Balaban J connectivity index is 2.49. The van der Waals surface area contributed by atoms with Crippen LogP contribution in [0, 0.1) is 5.92 Å². The minimum atomic E-state index is -0.563. The van der Waals surface area contributed by atoms with Crippen LogP contribution < -0.4 is 0 Å². The molecule has 0 saturated heterocycles. The summed E-state index contributed by atoms with van der Waals surface area (Å²) in [7, 11) is 0. The smallest absolute Gasteiger partial charge is 0.358 e. The zero-order valence-electron chi connectivity index (χ0n) is 7.53. The summed E-state index contributed by atoms with van der Waals surface area (Å²) in [4.78, 5) is 16.8. The molecule has 0 spiro atoms. The molecule has 1 radical (unpaired) electrons. The Morgan fingerprint density at radius 3 is 2.85 bits per heavy atom. The first-order valence-corrected chi connectivity index (χ1v) is 3.99. The molecule has 0 aliphatic rings. The lowest BCUT2D eigenvalue weighted by Crippen LogP contribution is -2.10. The molecule has 0 bridgehead atoms. The monoisotopic (exact) mass is 183 g/mol. The Hall–Kier alpha value is -1.52. The van der Waals surface area contributed by atoms with Gasteiger partial charge in [-0.3, -0.25) is 0 Å². The number of rotatable bonds is 3. The van der Waals surface area contributed by atoms with Crippen LogP contribution in [0.1, 0.15) is 24.3 Å². The van der Waals surface area contributed by atoms with Crippen LogP contribution >= 0.6 is 0 Å². The lowest BCUT2D eigenvalue weighted by Gasteiger charge is -2.04. The maximum Gasteiger partial charge on any atom is 0.358 e. The van der Waals surface area contributed by atoms with Crippen LogP contribution in [0.25, 0.3) is 0 Å². The van der Waals surface area contributed by atoms with Crippen molar-refractivity contribution in [1.29, 1.82) is 0 Å². The lowest BCUT2D eigenvalue weighted by atomic mass is 10.2. The third kappa shape index (κ3) is 2.77. The highest BCUT2D eigenvalue weighted by molar-refractivity contribution is 5.87. The van der Waals surface area contributed by atoms with Crippen LogP contribution in [0.4, 0.5) is 0 Å². The summed E-state index contributed by atoms with van der Waals surface area (Å²) in [5.41, 5.74) is 0.0330. The van der Waals surface area contributed by atoms with Crippen LogP contribution in [0.3, 0.4) is 0 Å². The van der Waals surface area contributed by atoms with Crippen LogP contribution in [0.5, 0.6) is 6.01 Å². The number of imidazole rings is 1. The van der Waals surface area contributed by atoms with E-state index in [1.54, 1.807) is 0 Å². The van der Waals surface area contributed by atoms with Gasteiger partial charge in [-0.25, -0.2) is 9.90 Å². The van der Waals surface area contributed by atoms with E-state index in [4.69, 9.17) is 4.74 Å². The van der Waals surface area contributed by atoms with E-state index in [9.17, 15) is 9.90 Å². The number of esters is 1. The predicted octanol–water partition coefficient (Wildman–Crippen LogP) is 1.37. The molecule has 71 valence electrons. The number of carbonyl (C=O) groups excluding carboxylic acids is 1. The molecule has 1 N–H and O–H groups in total. The van der Waals surface area contributed by atoms with Gasteiger partial charge in [-0.2, -0.15) is 4.98 Å². The Morgan fingerprint density at radius 1 is 1.69 bits per heavy atom. The van der Waals surface area contributed by atoms with Gasteiger partial charge in [0.05, 0.1) is 6.61 Å². The van der Waals surface area contributed by atoms with E-state index in [2.05, 4.69) is 9.97 Å². The van der Waals surface area contributed by atoms with Crippen molar-refractivity contribution in [3.63, 3.8) is 0 Å². The number of H-pyrrole nitrogens is 1. The third-order valence-electron chi connectivity index (χ3n) is 1.31. The molecule has 5 heteroatoms. The zero-order chi connectivity index (χ0) is 9.84. The van der Waals surface area contributed by atoms with Crippen molar-refractivity contribution < 1.29 is 14.6 Å². The Bertz CT molecular complexity index is 293. The maximum atomic E-state index is 11.1. The molecule has 13 heavy (non-hydrogen) atoms. The maximum absolute atomic E-state index is 11.1. The van der Waals surface area contributed by atoms with Crippen molar-refractivity contribution in [3.8, 4) is 6.01 Å². The fourth-order valence-corrected chi connectivity index (χ4v) is 0.725. The molecule has 0 atom stereocenters. The molecule has 1 aromatic heterocycles. The SMILES string of the molecule is CC(C)COC(=O)c1c[nH]c([O])n1. The summed E-state index contributed by atoms with van der Waals surface area (Å²) >= 11 is 0. The van der Waals surface area contributed by atoms with Crippen LogP contribution in [0.15, 0.2) is 6.20 Å². The Kier molecular flexibility index (Phi) is 2.89. The van der Waals surface area contributed by atoms with Gasteiger partial charge in [0, 0.05) is 6.20 Å². The normalized spacial score (nSPS) is 10.4. The van der Waals surface area contributed by atoms with Crippen LogP contribution in [0.2, 0.25) is 0 Å². The standard InChI is InChI=1S/C8H11N2O3/c1-5(2)4-13-7(11)6-3-9-8(12)10-6/h3,5H,4H2,1-2H3,(H,9,10). The van der Waals surface area contributed by atoms with Crippen molar-refractivity contribution in [2.75, 3.05) is 6.61 Å². The van der Waals surface area contributed by atoms with Crippen molar-refractivity contribution >= 4 is 5.97 Å². The zero-order valence-corrected chi connectivity index (χ0v) is 7.53. The number of nitrogens with one attached hydrogen (secondary N) is 1. The van der Waals surface area contributed by atoms with Gasteiger partial charge < -0.3 is 9.72 Å². The van der Waals surface area contributed by atoms with Gasteiger partial charge in [0.1, 0.15) is 0 Å². The molecule has 1 rings (SSSR count). The van der Waals surface area contributed by atoms with Gasteiger partial charge in [0.25, 0.3) is 0 Å². The fraction of sp³-hybridized carbons (Fsp3) is 0.500. The van der Waals surface area contributed by atoms with E-state index in [0.717, 1.165) is 0 Å². The molecular formula is C8H11N2O3. The van der Waals surface area contributed by atoms with Crippen molar-refractivity contribution in [2.24, 2.45) is 5.92 Å². The summed E-state index contributed by atoms with van der Waals surface area (Å²) in [5, 5.41) is 10.6. The summed E-state index contributed by atoms with van der Waals surface area (Å²) in [5.74, 6) is -0.290. The van der Waals surface area contributed by atoms with Crippen LogP contribution in [-0.4, -0.2) is 22.5 Å². The number of aromatic amines is 1. The highest BCUT2D eigenvalue weighted by Crippen LogP contribution is 2.05. The van der Waals surface area contributed by atoms with E-state index < -0.39 is 12.0 Å². The van der Waals surface area contributed by atoms with Gasteiger partial charge >= 0.3 is 12.0 Å². The van der Waals surface area contributed by atoms with E-state index >= 15 is 0 Å². The summed E-state index contributed by atoms with van der Waals surface area (Å²) in [6.45, 7) is 4.19. The van der Waals surface area contributed by atoms with Gasteiger partial charge in [0.2, 0.25) is 0 Å². The van der Waals surface area contributed by atoms with E-state index in [1.165, 1.54) is 6.20 Å². The molecular weight excluding hydrogens is 172 g/mol. The van der Waals surface area contributed by atoms with Gasteiger partial charge in [-0.05, 0) is 5.92 Å². The minimum absolute atomic E-state index is 0.0330. The van der Waals surface area contributed by atoms with E-state index in [-0.39, 0.29) is 11.6 Å². The number of ether oxygens (including phenoxy) is 1. The number of aromatic nitrogens is 2. The topological polar surface area (TPSA) is 74.9 Å². The Labute approximate surface area is 75.8 Å². The molecule has 0 saturated carbocycles. The second-order valence-corrected chi connectivity index (χ2v) is 3.08. The van der Waals surface area contributed by atoms with E-state index in [1.807, 2.05) is 13.8 Å². The highest BCUT2D eigenvalue weighted by atomic mass is 16.5. The molecule has 0 unspecified atom stereocenters. The molecule has 5 nitrogen and oxygen atoms in total. The molecule has 0 amide bonds. The summed E-state index contributed by atoms with van der Waals surface area (Å²) in [6, 6.07) is -0.531. The van der Waals surface area contributed by atoms with Gasteiger partial charge in [-0.15, -0.1) is 0 Å². The Morgan fingerprint density at radius 2 is 2.38 bits per heavy atom. The molecule has 1 aromatic rings. The minimum Gasteiger partial charge on any atom is -0.461 e. The molecule has 0 fully saturated rings. The summed E-state index contributed by atoms with van der Waals surface area (Å²) < 4.78 is 4.84. The predicted molar refractivity (Wildman–Crippen MR) is 43.8 cm³/mol. The van der Waals surface area contributed by atoms with Crippen molar-refractivity contribution in [2.45, 2.75) is 13.8 Å². The quantitative estimate of drug-likeness (QED) is 0.719. The molecule has 1 heterocycles. The first kappa shape index (κ1) is 9.57. The number of hydrogen-bond acceptors (Lipinski definition) is 3.